The van der Waals surface area contributed by atoms with E-state index in [-0.39, 0.29) is 23.5 Å². The fraction of sp³-hybridized carbons (Fsp3) is 0.909. The van der Waals surface area contributed by atoms with Gasteiger partial charge >= 0.3 is 0 Å². The minimum absolute atomic E-state index is 0.0709. The van der Waals surface area contributed by atoms with E-state index in [1.165, 1.54) is 0 Å². The Morgan fingerprint density at radius 1 is 1.36 bits per heavy atom. The molecule has 3 fully saturated rings. The molecule has 78 valence electrons. The molecule has 0 spiro atoms. The van der Waals surface area contributed by atoms with Gasteiger partial charge in [0.1, 0.15) is 5.78 Å². The van der Waals surface area contributed by atoms with Crippen LogP contribution in [0.5, 0.6) is 0 Å². The van der Waals surface area contributed by atoms with Gasteiger partial charge in [0.25, 0.3) is 0 Å². The number of ether oxygens (including phenoxy) is 2. The number of carbonyl (C=O) groups excluding carboxylic acids is 1. The number of rotatable bonds is 0. The Hall–Kier alpha value is -0.410. The summed E-state index contributed by atoms with van der Waals surface area (Å²) in [7, 11) is 0. The van der Waals surface area contributed by atoms with Crippen LogP contribution in [0.15, 0.2) is 0 Å². The third-order valence-electron chi connectivity index (χ3n) is 4.16. The van der Waals surface area contributed by atoms with Gasteiger partial charge in [-0.05, 0) is 12.8 Å². The maximum atomic E-state index is 11.8. The predicted octanol–water partition coefficient (Wildman–Crippen LogP) is 1.16. The van der Waals surface area contributed by atoms with Crippen LogP contribution in [0.2, 0.25) is 0 Å². The molecule has 0 aromatic carbocycles. The summed E-state index contributed by atoms with van der Waals surface area (Å²) in [5.41, 5.74) is 0.0837. The quantitative estimate of drug-likeness (QED) is 0.583. The monoisotopic (exact) mass is 196 g/mol. The van der Waals surface area contributed by atoms with E-state index >= 15 is 0 Å². The molecule has 1 heterocycles. The summed E-state index contributed by atoms with van der Waals surface area (Å²) in [6, 6.07) is 0. The Morgan fingerprint density at radius 3 is 3.00 bits per heavy atom. The maximum absolute atomic E-state index is 11.8. The van der Waals surface area contributed by atoms with Crippen LogP contribution in [0.25, 0.3) is 0 Å². The van der Waals surface area contributed by atoms with E-state index in [1.807, 2.05) is 0 Å². The number of fused-ring (bicyclic) bond motifs is 4. The topological polar surface area (TPSA) is 35.5 Å². The van der Waals surface area contributed by atoms with Crippen LogP contribution in [0, 0.1) is 11.3 Å². The average Bonchev–Trinajstić information content (AvgIpc) is 2.16. The van der Waals surface area contributed by atoms with Gasteiger partial charge in [0.2, 0.25) is 0 Å². The van der Waals surface area contributed by atoms with Gasteiger partial charge in [0.05, 0.1) is 31.3 Å². The Labute approximate surface area is 83.8 Å². The third kappa shape index (κ3) is 0.920. The summed E-state index contributed by atoms with van der Waals surface area (Å²) in [5, 5.41) is 0. The molecule has 3 aliphatic rings. The van der Waals surface area contributed by atoms with E-state index < -0.39 is 0 Å². The molecule has 3 nitrogen and oxygen atoms in total. The molecule has 2 saturated carbocycles. The van der Waals surface area contributed by atoms with E-state index in [9.17, 15) is 4.79 Å². The summed E-state index contributed by atoms with van der Waals surface area (Å²) in [4.78, 5) is 11.8. The lowest BCUT2D eigenvalue weighted by Crippen LogP contribution is -2.70. The number of ketones is 1. The van der Waals surface area contributed by atoms with Crippen LogP contribution in [-0.4, -0.2) is 31.2 Å². The lowest BCUT2D eigenvalue weighted by molar-refractivity contribution is -0.285. The first-order chi connectivity index (χ1) is 6.73. The molecule has 3 rings (SSSR count). The van der Waals surface area contributed by atoms with Gasteiger partial charge in [-0.2, -0.15) is 0 Å². The molecule has 0 bridgehead atoms. The number of Topliss-reactive ketones (excluding diaryl/α,β-unsaturated/α-hetero) is 1. The number of hydrogen-bond acceptors (Lipinski definition) is 3. The minimum Gasteiger partial charge on any atom is -0.373 e. The molecule has 14 heavy (non-hydrogen) atoms. The fourth-order valence-corrected chi connectivity index (χ4v) is 3.46. The highest BCUT2D eigenvalue weighted by atomic mass is 16.6. The molecule has 0 aromatic rings. The van der Waals surface area contributed by atoms with E-state index in [4.69, 9.17) is 9.47 Å². The molecule has 0 amide bonds. The molecule has 4 atom stereocenters. The SMILES string of the molecule is C[C@@]12CCCC(=O)[C@@H]1[C@@H]1OCCO[C@H]12. The lowest BCUT2D eigenvalue weighted by Gasteiger charge is -2.61. The molecular formula is C11H16O3. The van der Waals surface area contributed by atoms with Crippen molar-refractivity contribution in [2.45, 2.75) is 38.4 Å². The summed E-state index contributed by atoms with van der Waals surface area (Å²) < 4.78 is 11.4. The largest absolute Gasteiger partial charge is 0.373 e. The van der Waals surface area contributed by atoms with Crippen LogP contribution >= 0.6 is 0 Å². The Balaban J connectivity index is 1.88. The molecule has 1 aliphatic heterocycles. The molecule has 0 aromatic heterocycles. The van der Waals surface area contributed by atoms with Crippen molar-refractivity contribution in [2.75, 3.05) is 13.2 Å². The van der Waals surface area contributed by atoms with Crippen molar-refractivity contribution in [3.63, 3.8) is 0 Å². The Bertz CT molecular complexity index is 276. The van der Waals surface area contributed by atoms with Gasteiger partial charge < -0.3 is 9.47 Å². The zero-order chi connectivity index (χ0) is 9.76. The van der Waals surface area contributed by atoms with Crippen LogP contribution < -0.4 is 0 Å². The molecule has 3 heteroatoms. The van der Waals surface area contributed by atoms with Gasteiger partial charge in [-0.3, -0.25) is 4.79 Å². The second kappa shape index (κ2) is 2.80. The van der Waals surface area contributed by atoms with E-state index in [1.54, 1.807) is 0 Å². The van der Waals surface area contributed by atoms with Crippen LogP contribution in [0.4, 0.5) is 0 Å². The first-order valence-electron chi connectivity index (χ1n) is 5.49. The molecular weight excluding hydrogens is 180 g/mol. The normalized spacial score (nSPS) is 51.8. The molecule has 0 unspecified atom stereocenters. The van der Waals surface area contributed by atoms with E-state index in [2.05, 4.69) is 6.92 Å². The van der Waals surface area contributed by atoms with Crippen molar-refractivity contribution in [2.24, 2.45) is 11.3 Å². The van der Waals surface area contributed by atoms with Crippen molar-refractivity contribution >= 4 is 5.78 Å². The van der Waals surface area contributed by atoms with Gasteiger partial charge in [0, 0.05) is 11.8 Å². The Morgan fingerprint density at radius 2 is 2.14 bits per heavy atom. The van der Waals surface area contributed by atoms with Crippen molar-refractivity contribution < 1.29 is 14.3 Å². The highest BCUT2D eigenvalue weighted by molar-refractivity contribution is 5.85. The van der Waals surface area contributed by atoms with Crippen molar-refractivity contribution in [1.82, 2.24) is 0 Å². The van der Waals surface area contributed by atoms with Crippen LogP contribution in [-0.2, 0) is 14.3 Å². The van der Waals surface area contributed by atoms with Crippen LogP contribution in [0.3, 0.4) is 0 Å². The van der Waals surface area contributed by atoms with Gasteiger partial charge in [-0.15, -0.1) is 0 Å². The standard InChI is InChI=1S/C11H16O3/c1-11-4-2-3-7(12)8(11)9-10(11)14-6-5-13-9/h8-10H,2-6H2,1H3/t8-,9+,10-,11-/m1/s1. The first-order valence-corrected chi connectivity index (χ1v) is 5.49. The van der Waals surface area contributed by atoms with E-state index in [0.29, 0.717) is 19.0 Å². The highest BCUT2D eigenvalue weighted by Gasteiger charge is 2.65. The summed E-state index contributed by atoms with van der Waals surface area (Å²) in [6.45, 7) is 3.53. The predicted molar refractivity (Wildman–Crippen MR) is 49.9 cm³/mol. The molecule has 2 aliphatic carbocycles. The van der Waals surface area contributed by atoms with Gasteiger partial charge in [-0.25, -0.2) is 0 Å². The average molecular weight is 196 g/mol. The zero-order valence-corrected chi connectivity index (χ0v) is 8.49. The van der Waals surface area contributed by atoms with Crippen molar-refractivity contribution in [1.29, 1.82) is 0 Å². The zero-order valence-electron chi connectivity index (χ0n) is 8.49. The molecule has 0 N–H and O–H groups in total. The fourth-order valence-electron chi connectivity index (χ4n) is 3.46. The molecule has 1 saturated heterocycles. The van der Waals surface area contributed by atoms with Crippen molar-refractivity contribution in [3.8, 4) is 0 Å². The second-order valence-corrected chi connectivity index (χ2v) is 4.93. The van der Waals surface area contributed by atoms with Crippen molar-refractivity contribution in [3.05, 3.63) is 0 Å². The van der Waals surface area contributed by atoms with Crippen LogP contribution in [0.1, 0.15) is 26.2 Å². The minimum atomic E-state index is 0.0709. The lowest BCUT2D eigenvalue weighted by atomic mass is 9.50. The summed E-state index contributed by atoms with van der Waals surface area (Å²) in [6.07, 6.45) is 3.14. The smallest absolute Gasteiger partial charge is 0.139 e. The highest BCUT2D eigenvalue weighted by Crippen LogP contribution is 2.57. The third-order valence-corrected chi connectivity index (χ3v) is 4.16. The summed E-state index contributed by atoms with van der Waals surface area (Å²) in [5.74, 6) is 0.520. The first kappa shape index (κ1) is 8.86. The van der Waals surface area contributed by atoms with E-state index in [0.717, 1.165) is 19.3 Å². The summed E-state index contributed by atoms with van der Waals surface area (Å²) >= 11 is 0. The number of hydrogen-bond donors (Lipinski definition) is 0. The second-order valence-electron chi connectivity index (χ2n) is 4.93. The van der Waals surface area contributed by atoms with Gasteiger partial charge in [-0.1, -0.05) is 6.92 Å². The maximum Gasteiger partial charge on any atom is 0.139 e. The van der Waals surface area contributed by atoms with Gasteiger partial charge in [0.15, 0.2) is 0 Å². The Kier molecular flexibility index (Phi) is 1.77. The molecule has 0 radical (unpaired) electrons. The number of carbonyl (C=O) groups is 1.